The van der Waals surface area contributed by atoms with Gasteiger partial charge in [0.25, 0.3) is 10.0 Å². The van der Waals surface area contributed by atoms with E-state index in [0.717, 1.165) is 9.87 Å². The lowest BCUT2D eigenvalue weighted by atomic mass is 10.1. The quantitative estimate of drug-likeness (QED) is 0.223. The van der Waals surface area contributed by atoms with Gasteiger partial charge in [0.1, 0.15) is 12.6 Å². The number of anilines is 1. The summed E-state index contributed by atoms with van der Waals surface area (Å²) in [7, 11) is -4.16. The number of rotatable bonds is 12. The van der Waals surface area contributed by atoms with Crippen molar-refractivity contribution in [1.29, 1.82) is 0 Å². The summed E-state index contributed by atoms with van der Waals surface area (Å²) in [6.07, 6.45) is 1.02. The van der Waals surface area contributed by atoms with Crippen molar-refractivity contribution < 1.29 is 18.0 Å². The lowest BCUT2D eigenvalue weighted by Gasteiger charge is -2.34. The van der Waals surface area contributed by atoms with E-state index in [0.29, 0.717) is 38.6 Å². The maximum absolute atomic E-state index is 14.1. The van der Waals surface area contributed by atoms with Gasteiger partial charge < -0.3 is 10.2 Å². The molecule has 0 fully saturated rings. The van der Waals surface area contributed by atoms with E-state index in [9.17, 15) is 18.0 Å². The maximum atomic E-state index is 14.1. The zero-order valence-corrected chi connectivity index (χ0v) is 27.3. The maximum Gasteiger partial charge on any atom is 0.264 e. The summed E-state index contributed by atoms with van der Waals surface area (Å²) in [4.78, 5) is 29.0. The molecule has 41 heavy (non-hydrogen) atoms. The third-order valence-electron chi connectivity index (χ3n) is 6.73. The molecule has 7 nitrogen and oxygen atoms in total. The summed E-state index contributed by atoms with van der Waals surface area (Å²) in [5.74, 6) is -0.881. The highest BCUT2D eigenvalue weighted by Gasteiger charge is 2.34. The highest BCUT2D eigenvalue weighted by atomic mass is 79.9. The topological polar surface area (TPSA) is 86.8 Å². The molecule has 0 aliphatic carbocycles. The minimum absolute atomic E-state index is 0.0157. The molecule has 0 saturated heterocycles. The van der Waals surface area contributed by atoms with Gasteiger partial charge in [-0.2, -0.15) is 0 Å². The third-order valence-corrected chi connectivity index (χ3v) is 9.60. The number of carbonyl (C=O) groups is 2. The van der Waals surface area contributed by atoms with E-state index >= 15 is 0 Å². The first-order chi connectivity index (χ1) is 19.4. The molecule has 0 heterocycles. The van der Waals surface area contributed by atoms with Crippen LogP contribution in [0.25, 0.3) is 0 Å². The van der Waals surface area contributed by atoms with E-state index in [2.05, 4.69) is 21.2 Å². The Morgan fingerprint density at radius 1 is 0.976 bits per heavy atom. The Labute approximate surface area is 261 Å². The summed E-state index contributed by atoms with van der Waals surface area (Å²) < 4.78 is 29.6. The number of hydrogen-bond acceptors (Lipinski definition) is 4. The number of sulfonamides is 1. The molecule has 0 saturated carbocycles. The van der Waals surface area contributed by atoms with Crippen LogP contribution < -0.4 is 9.62 Å². The molecule has 220 valence electrons. The van der Waals surface area contributed by atoms with Crippen molar-refractivity contribution in [3.63, 3.8) is 0 Å². The number of amides is 2. The predicted molar refractivity (Wildman–Crippen MR) is 169 cm³/mol. The standard InChI is InChI=1S/C30H34BrCl2N3O4S/c1-5-21(4)34-30(38)28(6-2)35(18-22-12-13-24(32)17-27(22)33)29(37)19-36(25-9-7-8-23(31)16-25)41(39,40)26-14-10-20(3)11-15-26/h7-17,21,28H,5-6,18-19H2,1-4H3,(H,34,38)/t21-,28+/m1/s1. The van der Waals surface area contributed by atoms with Crippen LogP contribution in [0.1, 0.15) is 44.7 Å². The monoisotopic (exact) mass is 681 g/mol. The van der Waals surface area contributed by atoms with Gasteiger partial charge in [0, 0.05) is 27.1 Å². The molecule has 2 atom stereocenters. The van der Waals surface area contributed by atoms with Crippen molar-refractivity contribution in [2.45, 2.75) is 64.1 Å². The lowest BCUT2D eigenvalue weighted by molar-refractivity contribution is -0.140. The fourth-order valence-electron chi connectivity index (χ4n) is 4.19. The second-order valence-corrected chi connectivity index (χ2v) is 13.4. The molecule has 0 aliphatic rings. The molecule has 0 unspecified atom stereocenters. The summed E-state index contributed by atoms with van der Waals surface area (Å²) in [6.45, 7) is 6.95. The van der Waals surface area contributed by atoms with Crippen molar-refractivity contribution in [2.24, 2.45) is 0 Å². The molecule has 0 bridgehead atoms. The van der Waals surface area contributed by atoms with Gasteiger partial charge in [0.2, 0.25) is 11.8 Å². The average molecular weight is 683 g/mol. The molecule has 3 aromatic rings. The molecule has 11 heteroatoms. The van der Waals surface area contributed by atoms with E-state index in [4.69, 9.17) is 23.2 Å². The van der Waals surface area contributed by atoms with Gasteiger partial charge in [0.05, 0.1) is 10.6 Å². The Balaban J connectivity index is 2.08. The zero-order valence-electron chi connectivity index (χ0n) is 23.4. The fraction of sp³-hybridized carbons (Fsp3) is 0.333. The number of benzene rings is 3. The second kappa shape index (κ2) is 14.5. The molecular weight excluding hydrogens is 649 g/mol. The SMILES string of the molecule is CC[C@@H](C)NC(=O)[C@H](CC)N(Cc1ccc(Cl)cc1Cl)C(=O)CN(c1cccc(Br)c1)S(=O)(=O)c1ccc(C)cc1. The van der Waals surface area contributed by atoms with Gasteiger partial charge in [0.15, 0.2) is 0 Å². The Hall–Kier alpha value is -2.59. The molecular formula is C30H34BrCl2N3O4S. The van der Waals surface area contributed by atoms with Crippen molar-refractivity contribution >= 4 is 66.7 Å². The van der Waals surface area contributed by atoms with Gasteiger partial charge in [-0.1, -0.05) is 82.8 Å². The van der Waals surface area contributed by atoms with Crippen LogP contribution >= 0.6 is 39.1 Å². The van der Waals surface area contributed by atoms with Gasteiger partial charge >= 0.3 is 0 Å². The fourth-order valence-corrected chi connectivity index (χ4v) is 6.45. The molecule has 0 aliphatic heterocycles. The van der Waals surface area contributed by atoms with Gasteiger partial charge in [-0.15, -0.1) is 0 Å². The number of nitrogens with zero attached hydrogens (tertiary/aromatic N) is 2. The van der Waals surface area contributed by atoms with E-state index in [1.54, 1.807) is 61.5 Å². The van der Waals surface area contributed by atoms with Crippen LogP contribution in [-0.2, 0) is 26.2 Å². The molecule has 1 N–H and O–H groups in total. The molecule has 0 radical (unpaired) electrons. The Morgan fingerprint density at radius 3 is 2.24 bits per heavy atom. The van der Waals surface area contributed by atoms with Crippen molar-refractivity contribution in [3.05, 3.63) is 92.4 Å². The van der Waals surface area contributed by atoms with E-state index in [-0.39, 0.29) is 23.4 Å². The summed E-state index contributed by atoms with van der Waals surface area (Å²) in [5, 5.41) is 3.72. The van der Waals surface area contributed by atoms with Crippen LogP contribution in [0.3, 0.4) is 0 Å². The zero-order chi connectivity index (χ0) is 30.3. The minimum Gasteiger partial charge on any atom is -0.352 e. The molecule has 0 spiro atoms. The van der Waals surface area contributed by atoms with E-state index in [1.165, 1.54) is 17.0 Å². The number of carbonyl (C=O) groups excluding carboxylic acids is 2. The van der Waals surface area contributed by atoms with E-state index < -0.39 is 28.5 Å². The van der Waals surface area contributed by atoms with Gasteiger partial charge in [-0.25, -0.2) is 8.42 Å². The molecule has 0 aromatic heterocycles. The highest BCUT2D eigenvalue weighted by Crippen LogP contribution is 2.28. The summed E-state index contributed by atoms with van der Waals surface area (Å²) >= 11 is 16.0. The smallest absolute Gasteiger partial charge is 0.264 e. The molecule has 3 rings (SSSR count). The predicted octanol–water partition coefficient (Wildman–Crippen LogP) is 6.98. The number of nitrogens with one attached hydrogen (secondary N) is 1. The number of aryl methyl sites for hydroxylation is 1. The van der Waals surface area contributed by atoms with Crippen molar-refractivity contribution in [2.75, 3.05) is 10.8 Å². The first-order valence-corrected chi connectivity index (χ1v) is 16.2. The van der Waals surface area contributed by atoms with E-state index in [1.807, 2.05) is 20.8 Å². The largest absolute Gasteiger partial charge is 0.352 e. The van der Waals surface area contributed by atoms with Crippen molar-refractivity contribution in [3.8, 4) is 0 Å². The number of hydrogen-bond donors (Lipinski definition) is 1. The highest BCUT2D eigenvalue weighted by molar-refractivity contribution is 9.10. The summed E-state index contributed by atoms with van der Waals surface area (Å²) in [6, 6.07) is 17.1. The number of halogens is 3. The summed E-state index contributed by atoms with van der Waals surface area (Å²) in [5.41, 5.74) is 1.78. The second-order valence-electron chi connectivity index (χ2n) is 9.80. The van der Waals surface area contributed by atoms with Crippen molar-refractivity contribution in [1.82, 2.24) is 10.2 Å². The Bertz CT molecular complexity index is 1490. The van der Waals surface area contributed by atoms with Crippen LogP contribution in [0.15, 0.2) is 76.1 Å². The molecule has 3 aromatic carbocycles. The average Bonchev–Trinajstić information content (AvgIpc) is 2.92. The van der Waals surface area contributed by atoms with Crippen LogP contribution in [0, 0.1) is 6.92 Å². The third kappa shape index (κ3) is 8.47. The van der Waals surface area contributed by atoms with Gasteiger partial charge in [-0.3, -0.25) is 13.9 Å². The van der Waals surface area contributed by atoms with Crippen LogP contribution in [0.2, 0.25) is 10.0 Å². The molecule has 2 amide bonds. The Kier molecular flexibility index (Phi) is 11.7. The van der Waals surface area contributed by atoms with Crippen LogP contribution in [0.5, 0.6) is 0 Å². The first kappa shape index (κ1) is 32.9. The van der Waals surface area contributed by atoms with Gasteiger partial charge in [-0.05, 0) is 74.7 Å². The lowest BCUT2D eigenvalue weighted by Crippen LogP contribution is -2.53. The van der Waals surface area contributed by atoms with Crippen LogP contribution in [-0.4, -0.2) is 43.8 Å². The Morgan fingerprint density at radius 2 is 1.66 bits per heavy atom. The normalized spacial score (nSPS) is 12.9. The first-order valence-electron chi connectivity index (χ1n) is 13.3. The minimum atomic E-state index is -4.16. The van der Waals surface area contributed by atoms with Crippen LogP contribution in [0.4, 0.5) is 5.69 Å².